The van der Waals surface area contributed by atoms with E-state index in [1.54, 1.807) is 13.8 Å². The van der Waals surface area contributed by atoms with E-state index in [9.17, 15) is 16.8 Å². The number of nitrogens with two attached hydrogens (primary N) is 1. The Morgan fingerprint density at radius 2 is 1.84 bits per heavy atom. The Morgan fingerprint density at radius 3 is 2.37 bits per heavy atom. The highest BCUT2D eigenvalue weighted by Crippen LogP contribution is 2.33. The van der Waals surface area contributed by atoms with Crippen LogP contribution in [0.1, 0.15) is 19.4 Å². The molecule has 6 nitrogen and oxygen atoms in total. The van der Waals surface area contributed by atoms with Gasteiger partial charge in [-0.25, -0.2) is 22.0 Å². The van der Waals surface area contributed by atoms with Gasteiger partial charge < -0.3 is 0 Å². The summed E-state index contributed by atoms with van der Waals surface area (Å²) in [5.41, 5.74) is 1.23. The molecule has 8 heteroatoms. The van der Waals surface area contributed by atoms with Crippen LogP contribution in [0.15, 0.2) is 23.1 Å². The fourth-order valence-corrected chi connectivity index (χ4v) is 3.91. The van der Waals surface area contributed by atoms with Gasteiger partial charge >= 0.3 is 0 Å². The van der Waals surface area contributed by atoms with Crippen LogP contribution in [0.5, 0.6) is 0 Å². The molecule has 19 heavy (non-hydrogen) atoms. The molecule has 1 aliphatic rings. The molecule has 0 bridgehead atoms. The molecule has 0 saturated heterocycles. The van der Waals surface area contributed by atoms with Gasteiger partial charge in [0.15, 0.2) is 0 Å². The number of hydrogen-bond acceptors (Lipinski definition) is 4. The summed E-state index contributed by atoms with van der Waals surface area (Å²) in [6.07, 6.45) is 0.491. The number of nitrogens with zero attached hydrogens (tertiary/aromatic N) is 1. The lowest BCUT2D eigenvalue weighted by Gasteiger charge is -2.22. The van der Waals surface area contributed by atoms with Crippen LogP contribution < -0.4 is 9.44 Å². The zero-order chi connectivity index (χ0) is 14.4. The monoisotopic (exact) mass is 304 g/mol. The molecule has 0 saturated carbocycles. The van der Waals surface area contributed by atoms with Crippen LogP contribution in [0, 0.1) is 0 Å². The molecule has 0 aliphatic carbocycles. The van der Waals surface area contributed by atoms with Crippen molar-refractivity contribution < 1.29 is 16.8 Å². The first-order valence-electron chi connectivity index (χ1n) is 5.81. The van der Waals surface area contributed by atoms with Crippen molar-refractivity contribution in [2.75, 3.05) is 10.8 Å². The van der Waals surface area contributed by atoms with E-state index in [2.05, 4.69) is 0 Å². The van der Waals surface area contributed by atoms with E-state index in [1.165, 1.54) is 22.5 Å². The van der Waals surface area contributed by atoms with Gasteiger partial charge in [0.05, 0.1) is 15.8 Å². The number of sulfonamides is 2. The first-order chi connectivity index (χ1) is 8.64. The summed E-state index contributed by atoms with van der Waals surface area (Å²) in [6.45, 7) is 3.57. The highest BCUT2D eigenvalue weighted by Gasteiger charge is 2.32. The summed E-state index contributed by atoms with van der Waals surface area (Å²) in [5.74, 6) is 0. The molecule has 2 rings (SSSR count). The Kier molecular flexibility index (Phi) is 3.36. The molecule has 0 amide bonds. The van der Waals surface area contributed by atoms with E-state index in [0.717, 1.165) is 0 Å². The number of hydrogen-bond donors (Lipinski definition) is 1. The summed E-state index contributed by atoms with van der Waals surface area (Å²) in [6, 6.07) is 4.28. The topological polar surface area (TPSA) is 97.5 Å². The molecular weight excluding hydrogens is 288 g/mol. The summed E-state index contributed by atoms with van der Waals surface area (Å²) in [4.78, 5) is 0.00930. The third kappa shape index (κ3) is 2.47. The summed E-state index contributed by atoms with van der Waals surface area (Å²) >= 11 is 0. The fraction of sp³-hybridized carbons (Fsp3) is 0.455. The SMILES string of the molecule is CC(C)S(=O)(=O)N1CCc2cc(S(N)(=O)=O)ccc21. The Balaban J connectivity index is 2.49. The van der Waals surface area contributed by atoms with E-state index in [1.807, 2.05) is 0 Å². The van der Waals surface area contributed by atoms with Crippen LogP contribution in [-0.4, -0.2) is 28.6 Å². The Hall–Kier alpha value is -1.12. The van der Waals surface area contributed by atoms with E-state index in [4.69, 9.17) is 5.14 Å². The van der Waals surface area contributed by atoms with Crippen molar-refractivity contribution in [1.82, 2.24) is 0 Å². The molecular formula is C11H16N2O4S2. The molecule has 106 valence electrons. The summed E-state index contributed by atoms with van der Waals surface area (Å²) < 4.78 is 48.2. The molecule has 0 radical (unpaired) electrons. The number of primary sulfonamides is 1. The van der Waals surface area contributed by atoms with Crippen LogP contribution in [0.2, 0.25) is 0 Å². The van der Waals surface area contributed by atoms with Gasteiger partial charge in [-0.05, 0) is 44.0 Å². The van der Waals surface area contributed by atoms with Gasteiger partial charge in [0, 0.05) is 6.54 Å². The molecule has 1 aromatic carbocycles. The minimum atomic E-state index is -3.76. The third-order valence-corrected chi connectivity index (χ3v) is 6.23. The second-order valence-electron chi connectivity index (χ2n) is 4.75. The second-order valence-corrected chi connectivity index (χ2v) is 8.73. The van der Waals surface area contributed by atoms with Crippen LogP contribution in [0.25, 0.3) is 0 Å². The van der Waals surface area contributed by atoms with Crippen molar-refractivity contribution in [1.29, 1.82) is 0 Å². The van der Waals surface area contributed by atoms with Crippen molar-refractivity contribution in [3.8, 4) is 0 Å². The molecule has 1 aromatic rings. The lowest BCUT2D eigenvalue weighted by molar-refractivity contribution is 0.583. The number of fused-ring (bicyclic) bond motifs is 1. The number of benzene rings is 1. The molecule has 1 aliphatic heterocycles. The maximum atomic E-state index is 12.2. The van der Waals surface area contributed by atoms with Crippen molar-refractivity contribution in [3.63, 3.8) is 0 Å². The third-order valence-electron chi connectivity index (χ3n) is 3.14. The van der Waals surface area contributed by atoms with E-state index in [0.29, 0.717) is 24.2 Å². The first kappa shape index (κ1) is 14.3. The van der Waals surface area contributed by atoms with Gasteiger partial charge in [-0.1, -0.05) is 0 Å². The number of rotatable bonds is 3. The summed E-state index contributed by atoms with van der Waals surface area (Å²) in [5, 5.41) is 4.54. The molecule has 2 N–H and O–H groups in total. The first-order valence-corrected chi connectivity index (χ1v) is 8.86. The normalized spacial score (nSPS) is 15.9. The van der Waals surface area contributed by atoms with Gasteiger partial charge in [-0.2, -0.15) is 0 Å². The smallest absolute Gasteiger partial charge is 0.238 e. The quantitative estimate of drug-likeness (QED) is 0.875. The van der Waals surface area contributed by atoms with Crippen molar-refractivity contribution in [2.24, 2.45) is 5.14 Å². The van der Waals surface area contributed by atoms with E-state index in [-0.39, 0.29) is 4.90 Å². The maximum Gasteiger partial charge on any atom is 0.238 e. The lowest BCUT2D eigenvalue weighted by Crippen LogP contribution is -2.34. The van der Waals surface area contributed by atoms with Crippen LogP contribution in [-0.2, 0) is 26.5 Å². The van der Waals surface area contributed by atoms with Gasteiger partial charge in [0.1, 0.15) is 0 Å². The van der Waals surface area contributed by atoms with Crippen molar-refractivity contribution in [3.05, 3.63) is 23.8 Å². The fourth-order valence-electron chi connectivity index (χ4n) is 2.04. The van der Waals surface area contributed by atoms with Crippen LogP contribution in [0.3, 0.4) is 0 Å². The molecule has 0 unspecified atom stereocenters. The Bertz CT molecular complexity index is 708. The van der Waals surface area contributed by atoms with Crippen LogP contribution >= 0.6 is 0 Å². The van der Waals surface area contributed by atoms with Gasteiger partial charge in [0.2, 0.25) is 20.0 Å². The molecule has 0 fully saturated rings. The molecule has 0 aromatic heterocycles. The highest BCUT2D eigenvalue weighted by molar-refractivity contribution is 7.93. The van der Waals surface area contributed by atoms with Crippen LogP contribution in [0.4, 0.5) is 5.69 Å². The van der Waals surface area contributed by atoms with Gasteiger partial charge in [-0.15, -0.1) is 0 Å². The zero-order valence-corrected chi connectivity index (χ0v) is 12.3. The zero-order valence-electron chi connectivity index (χ0n) is 10.7. The predicted octanol–water partition coefficient (Wildman–Crippen LogP) is 0.435. The molecule has 0 atom stereocenters. The highest BCUT2D eigenvalue weighted by atomic mass is 32.2. The van der Waals surface area contributed by atoms with Gasteiger partial charge in [-0.3, -0.25) is 4.31 Å². The maximum absolute atomic E-state index is 12.2. The second kappa shape index (κ2) is 4.46. The minimum absolute atomic E-state index is 0.00930. The van der Waals surface area contributed by atoms with Gasteiger partial charge in [0.25, 0.3) is 0 Å². The average Bonchev–Trinajstić information content (AvgIpc) is 2.70. The molecule has 1 heterocycles. The lowest BCUT2D eigenvalue weighted by atomic mass is 10.2. The van der Waals surface area contributed by atoms with E-state index < -0.39 is 25.3 Å². The average molecular weight is 304 g/mol. The van der Waals surface area contributed by atoms with Crippen molar-refractivity contribution >= 4 is 25.7 Å². The summed E-state index contributed by atoms with van der Waals surface area (Å²) in [7, 11) is -7.15. The molecule has 0 spiro atoms. The van der Waals surface area contributed by atoms with E-state index >= 15 is 0 Å². The minimum Gasteiger partial charge on any atom is -0.269 e. The van der Waals surface area contributed by atoms with Crippen molar-refractivity contribution in [2.45, 2.75) is 30.4 Å². The standard InChI is InChI=1S/C11H16N2O4S2/c1-8(2)19(16,17)13-6-5-9-7-10(18(12,14)15)3-4-11(9)13/h3-4,7-8H,5-6H2,1-2H3,(H2,12,14,15). The Morgan fingerprint density at radius 1 is 1.21 bits per heavy atom. The number of anilines is 1. The largest absolute Gasteiger partial charge is 0.269 e. The predicted molar refractivity (Wildman–Crippen MR) is 72.9 cm³/mol. The Labute approximate surface area is 113 Å².